The van der Waals surface area contributed by atoms with Gasteiger partial charge in [-0.25, -0.2) is 0 Å². The van der Waals surface area contributed by atoms with Gasteiger partial charge >= 0.3 is 0 Å². The van der Waals surface area contributed by atoms with E-state index in [1.807, 2.05) is 68.4 Å². The number of hydrogen-bond donors (Lipinski definition) is 2. The highest BCUT2D eigenvalue weighted by atomic mass is 16.1. The van der Waals surface area contributed by atoms with Crippen LogP contribution in [0.1, 0.15) is 20.3 Å². The van der Waals surface area contributed by atoms with Crippen LogP contribution in [0, 0.1) is 5.92 Å². The van der Waals surface area contributed by atoms with Crippen LogP contribution in [0.3, 0.4) is 0 Å². The SMILES string of the molecule is CC(C)CC(=O)Nc1ccccc1Nc1ccccc1. The third-order valence-electron chi connectivity index (χ3n) is 2.85. The van der Waals surface area contributed by atoms with Crippen molar-refractivity contribution >= 4 is 23.0 Å². The third kappa shape index (κ3) is 4.12. The van der Waals surface area contributed by atoms with Crippen LogP contribution < -0.4 is 10.6 Å². The summed E-state index contributed by atoms with van der Waals surface area (Å²) >= 11 is 0. The zero-order valence-corrected chi connectivity index (χ0v) is 11.9. The molecule has 0 aliphatic rings. The summed E-state index contributed by atoms with van der Waals surface area (Å²) in [5.74, 6) is 0.395. The highest BCUT2D eigenvalue weighted by molar-refractivity contribution is 5.94. The molecule has 0 radical (unpaired) electrons. The number of benzene rings is 2. The molecule has 0 heterocycles. The molecule has 3 heteroatoms. The van der Waals surface area contributed by atoms with Crippen molar-refractivity contribution in [3.8, 4) is 0 Å². The molecular formula is C17H20N2O. The van der Waals surface area contributed by atoms with Crippen LogP contribution in [0.2, 0.25) is 0 Å². The molecule has 1 amide bonds. The van der Waals surface area contributed by atoms with E-state index in [-0.39, 0.29) is 5.91 Å². The minimum absolute atomic E-state index is 0.0438. The van der Waals surface area contributed by atoms with Crippen molar-refractivity contribution in [3.63, 3.8) is 0 Å². The Morgan fingerprint density at radius 1 is 0.950 bits per heavy atom. The number of rotatable bonds is 5. The summed E-state index contributed by atoms with van der Waals surface area (Å²) in [6.45, 7) is 4.07. The summed E-state index contributed by atoms with van der Waals surface area (Å²) in [6, 6.07) is 17.6. The maximum absolute atomic E-state index is 11.9. The summed E-state index contributed by atoms with van der Waals surface area (Å²) in [7, 11) is 0. The van der Waals surface area contributed by atoms with Crippen LogP contribution in [-0.4, -0.2) is 5.91 Å². The molecule has 3 nitrogen and oxygen atoms in total. The molecule has 0 aliphatic heterocycles. The Bertz CT molecular complexity index is 564. The van der Waals surface area contributed by atoms with E-state index in [0.717, 1.165) is 17.1 Å². The minimum atomic E-state index is 0.0438. The van der Waals surface area contributed by atoms with Crippen molar-refractivity contribution in [1.82, 2.24) is 0 Å². The number of carbonyl (C=O) groups excluding carboxylic acids is 1. The quantitative estimate of drug-likeness (QED) is 0.843. The molecule has 0 saturated carbocycles. The van der Waals surface area contributed by atoms with Gasteiger partial charge in [0.2, 0.25) is 5.91 Å². The molecule has 0 spiro atoms. The average Bonchev–Trinajstić information content (AvgIpc) is 2.41. The monoisotopic (exact) mass is 268 g/mol. The Morgan fingerprint density at radius 3 is 2.20 bits per heavy atom. The van der Waals surface area contributed by atoms with E-state index in [0.29, 0.717) is 12.3 Å². The first-order chi connectivity index (χ1) is 9.65. The summed E-state index contributed by atoms with van der Waals surface area (Å²) in [4.78, 5) is 11.9. The Morgan fingerprint density at radius 2 is 1.55 bits per heavy atom. The van der Waals surface area contributed by atoms with E-state index in [9.17, 15) is 4.79 Å². The van der Waals surface area contributed by atoms with Gasteiger partial charge in [-0.15, -0.1) is 0 Å². The van der Waals surface area contributed by atoms with Crippen LogP contribution in [0.4, 0.5) is 17.1 Å². The van der Waals surface area contributed by atoms with Crippen LogP contribution >= 0.6 is 0 Å². The Kier molecular flexibility index (Phi) is 4.77. The highest BCUT2D eigenvalue weighted by Gasteiger charge is 2.08. The van der Waals surface area contributed by atoms with Crippen LogP contribution in [0.5, 0.6) is 0 Å². The molecule has 0 aromatic heterocycles. The molecule has 0 atom stereocenters. The fourth-order valence-electron chi connectivity index (χ4n) is 1.95. The minimum Gasteiger partial charge on any atom is -0.354 e. The predicted molar refractivity (Wildman–Crippen MR) is 84.3 cm³/mol. The lowest BCUT2D eigenvalue weighted by molar-refractivity contribution is -0.116. The molecule has 20 heavy (non-hydrogen) atoms. The van der Waals surface area contributed by atoms with E-state index in [1.165, 1.54) is 0 Å². The number of para-hydroxylation sites is 3. The second kappa shape index (κ2) is 6.75. The van der Waals surface area contributed by atoms with E-state index >= 15 is 0 Å². The van der Waals surface area contributed by atoms with Gasteiger partial charge in [0.25, 0.3) is 0 Å². The van der Waals surface area contributed by atoms with Gasteiger partial charge in [0.05, 0.1) is 11.4 Å². The lowest BCUT2D eigenvalue weighted by atomic mass is 10.1. The third-order valence-corrected chi connectivity index (χ3v) is 2.85. The molecule has 0 saturated heterocycles. The van der Waals surface area contributed by atoms with Gasteiger partial charge < -0.3 is 10.6 Å². The summed E-state index contributed by atoms with van der Waals surface area (Å²) in [5.41, 5.74) is 2.70. The van der Waals surface area contributed by atoms with Gasteiger partial charge in [0, 0.05) is 12.1 Å². The van der Waals surface area contributed by atoms with Crippen LogP contribution in [0.15, 0.2) is 54.6 Å². The van der Waals surface area contributed by atoms with E-state index < -0.39 is 0 Å². The van der Waals surface area contributed by atoms with Crippen molar-refractivity contribution in [2.75, 3.05) is 10.6 Å². The smallest absolute Gasteiger partial charge is 0.224 e. The molecule has 0 bridgehead atoms. The van der Waals surface area contributed by atoms with Crippen molar-refractivity contribution < 1.29 is 4.79 Å². The number of nitrogens with one attached hydrogen (secondary N) is 2. The topological polar surface area (TPSA) is 41.1 Å². The molecule has 104 valence electrons. The van der Waals surface area contributed by atoms with Crippen LogP contribution in [-0.2, 0) is 4.79 Å². The summed E-state index contributed by atoms with van der Waals surface area (Å²) < 4.78 is 0. The number of anilines is 3. The fraction of sp³-hybridized carbons (Fsp3) is 0.235. The van der Waals surface area contributed by atoms with Crippen molar-refractivity contribution in [1.29, 1.82) is 0 Å². The molecule has 2 aromatic carbocycles. The van der Waals surface area contributed by atoms with Gasteiger partial charge in [0.15, 0.2) is 0 Å². The standard InChI is InChI=1S/C17H20N2O/c1-13(2)12-17(20)19-16-11-7-6-10-15(16)18-14-8-4-3-5-9-14/h3-11,13,18H,12H2,1-2H3,(H,19,20). The van der Waals surface area contributed by atoms with Gasteiger partial charge in [-0.1, -0.05) is 44.2 Å². The van der Waals surface area contributed by atoms with Crippen LogP contribution in [0.25, 0.3) is 0 Å². The van der Waals surface area contributed by atoms with Gasteiger partial charge in [0.1, 0.15) is 0 Å². The largest absolute Gasteiger partial charge is 0.354 e. The van der Waals surface area contributed by atoms with Gasteiger partial charge in [-0.3, -0.25) is 4.79 Å². The second-order valence-corrected chi connectivity index (χ2v) is 5.18. The number of hydrogen-bond acceptors (Lipinski definition) is 2. The zero-order chi connectivity index (χ0) is 14.4. The van der Waals surface area contributed by atoms with Gasteiger partial charge in [-0.2, -0.15) is 0 Å². The fourth-order valence-corrected chi connectivity index (χ4v) is 1.95. The molecule has 2 aromatic rings. The predicted octanol–water partition coefficient (Wildman–Crippen LogP) is 4.41. The van der Waals surface area contributed by atoms with E-state index in [1.54, 1.807) is 0 Å². The van der Waals surface area contributed by atoms with Gasteiger partial charge in [-0.05, 0) is 30.2 Å². The summed E-state index contributed by atoms with van der Waals surface area (Å²) in [6.07, 6.45) is 0.527. The Labute approximate surface area is 120 Å². The lowest BCUT2D eigenvalue weighted by Crippen LogP contribution is -2.14. The first-order valence-corrected chi connectivity index (χ1v) is 6.86. The van der Waals surface area contributed by atoms with E-state index in [2.05, 4.69) is 10.6 Å². The molecule has 0 unspecified atom stereocenters. The first kappa shape index (κ1) is 14.1. The Balaban J connectivity index is 2.12. The number of carbonyl (C=O) groups is 1. The second-order valence-electron chi connectivity index (χ2n) is 5.18. The summed E-state index contributed by atoms with van der Waals surface area (Å²) in [5, 5.41) is 6.28. The number of amides is 1. The van der Waals surface area contributed by atoms with Crippen molar-refractivity contribution in [2.45, 2.75) is 20.3 Å². The lowest BCUT2D eigenvalue weighted by Gasteiger charge is -2.13. The molecule has 0 aliphatic carbocycles. The molecule has 2 N–H and O–H groups in total. The maximum Gasteiger partial charge on any atom is 0.224 e. The zero-order valence-electron chi connectivity index (χ0n) is 11.9. The normalized spacial score (nSPS) is 10.3. The highest BCUT2D eigenvalue weighted by Crippen LogP contribution is 2.25. The molecule has 0 fully saturated rings. The molecule has 2 rings (SSSR count). The van der Waals surface area contributed by atoms with E-state index in [4.69, 9.17) is 0 Å². The Hall–Kier alpha value is -2.29. The molecular weight excluding hydrogens is 248 g/mol. The van der Waals surface area contributed by atoms with Crippen molar-refractivity contribution in [3.05, 3.63) is 54.6 Å². The maximum atomic E-state index is 11.9. The first-order valence-electron chi connectivity index (χ1n) is 6.86. The average molecular weight is 268 g/mol. The van der Waals surface area contributed by atoms with Crippen molar-refractivity contribution in [2.24, 2.45) is 5.92 Å².